The largest absolute Gasteiger partial charge is 0.396 e. The standard InChI is InChI=1S/C13H25NO2/c15-10-13(7-2-1-3-8-13)9-14-11-5-4-6-12(11)16/h11-12,14-16H,1-10H2. The van der Waals surface area contributed by atoms with Crippen LogP contribution in [0, 0.1) is 5.41 Å². The number of aliphatic hydroxyl groups is 2. The lowest BCUT2D eigenvalue weighted by Gasteiger charge is -2.37. The molecule has 16 heavy (non-hydrogen) atoms. The van der Waals surface area contributed by atoms with Crippen LogP contribution in [0.1, 0.15) is 51.4 Å². The van der Waals surface area contributed by atoms with E-state index in [9.17, 15) is 10.2 Å². The smallest absolute Gasteiger partial charge is 0.0693 e. The molecule has 0 saturated heterocycles. The first-order valence-corrected chi connectivity index (χ1v) is 6.78. The van der Waals surface area contributed by atoms with Gasteiger partial charge in [0.2, 0.25) is 0 Å². The van der Waals surface area contributed by atoms with Crippen LogP contribution in [0.4, 0.5) is 0 Å². The summed E-state index contributed by atoms with van der Waals surface area (Å²) in [5.41, 5.74) is 0.0978. The third-order valence-electron chi connectivity index (χ3n) is 4.47. The van der Waals surface area contributed by atoms with Gasteiger partial charge in [-0.25, -0.2) is 0 Å². The van der Waals surface area contributed by atoms with Crippen molar-refractivity contribution in [3.05, 3.63) is 0 Å². The molecule has 0 aliphatic heterocycles. The topological polar surface area (TPSA) is 52.5 Å². The second kappa shape index (κ2) is 5.48. The number of nitrogens with one attached hydrogen (secondary N) is 1. The molecule has 3 N–H and O–H groups in total. The van der Waals surface area contributed by atoms with Crippen molar-refractivity contribution < 1.29 is 10.2 Å². The second-order valence-corrected chi connectivity index (χ2v) is 5.70. The Kier molecular flexibility index (Phi) is 4.22. The van der Waals surface area contributed by atoms with E-state index < -0.39 is 0 Å². The highest BCUT2D eigenvalue weighted by Crippen LogP contribution is 2.35. The van der Waals surface area contributed by atoms with Crippen LogP contribution in [-0.4, -0.2) is 35.5 Å². The first-order valence-electron chi connectivity index (χ1n) is 6.78. The molecule has 0 aromatic rings. The van der Waals surface area contributed by atoms with E-state index in [1.807, 2.05) is 0 Å². The van der Waals surface area contributed by atoms with Crippen LogP contribution >= 0.6 is 0 Å². The van der Waals surface area contributed by atoms with Crippen molar-refractivity contribution in [1.29, 1.82) is 0 Å². The highest BCUT2D eigenvalue weighted by molar-refractivity contribution is 4.89. The Labute approximate surface area is 98.2 Å². The summed E-state index contributed by atoms with van der Waals surface area (Å²) in [7, 11) is 0. The molecular formula is C13H25NO2. The van der Waals surface area contributed by atoms with E-state index in [2.05, 4.69) is 5.32 Å². The van der Waals surface area contributed by atoms with Crippen LogP contribution in [0.15, 0.2) is 0 Å². The Morgan fingerprint density at radius 3 is 2.38 bits per heavy atom. The van der Waals surface area contributed by atoms with Crippen molar-refractivity contribution >= 4 is 0 Å². The van der Waals surface area contributed by atoms with E-state index in [4.69, 9.17) is 0 Å². The molecule has 2 aliphatic carbocycles. The van der Waals surface area contributed by atoms with Crippen molar-refractivity contribution in [2.24, 2.45) is 5.41 Å². The average molecular weight is 227 g/mol. The number of aliphatic hydroxyl groups excluding tert-OH is 2. The van der Waals surface area contributed by atoms with Gasteiger partial charge in [0, 0.05) is 24.6 Å². The molecule has 2 saturated carbocycles. The summed E-state index contributed by atoms with van der Waals surface area (Å²) < 4.78 is 0. The number of hydrogen-bond donors (Lipinski definition) is 3. The fourth-order valence-corrected chi connectivity index (χ4v) is 3.22. The molecule has 0 aromatic heterocycles. The fraction of sp³-hybridized carbons (Fsp3) is 1.00. The summed E-state index contributed by atoms with van der Waals surface area (Å²) in [5, 5.41) is 22.8. The zero-order valence-corrected chi connectivity index (χ0v) is 10.1. The van der Waals surface area contributed by atoms with Crippen LogP contribution in [-0.2, 0) is 0 Å². The SMILES string of the molecule is OCC1(CNC2CCCC2O)CCCCC1. The van der Waals surface area contributed by atoms with Crippen LogP contribution in [0.25, 0.3) is 0 Å². The molecule has 2 unspecified atom stereocenters. The second-order valence-electron chi connectivity index (χ2n) is 5.70. The van der Waals surface area contributed by atoms with Gasteiger partial charge in [-0.15, -0.1) is 0 Å². The maximum absolute atomic E-state index is 9.75. The van der Waals surface area contributed by atoms with Gasteiger partial charge in [0.05, 0.1) is 6.10 Å². The van der Waals surface area contributed by atoms with E-state index in [0.717, 1.165) is 38.6 Å². The Morgan fingerprint density at radius 1 is 1.06 bits per heavy atom. The summed E-state index contributed by atoms with van der Waals surface area (Å²) in [6.07, 6.45) is 9.06. The van der Waals surface area contributed by atoms with E-state index in [1.54, 1.807) is 0 Å². The van der Waals surface area contributed by atoms with Gasteiger partial charge in [-0.3, -0.25) is 0 Å². The van der Waals surface area contributed by atoms with Crippen molar-refractivity contribution in [3.8, 4) is 0 Å². The lowest BCUT2D eigenvalue weighted by molar-refractivity contribution is 0.0688. The third-order valence-corrected chi connectivity index (χ3v) is 4.47. The zero-order chi connectivity index (χ0) is 11.4. The van der Waals surface area contributed by atoms with E-state index >= 15 is 0 Å². The van der Waals surface area contributed by atoms with Crippen LogP contribution in [0.2, 0.25) is 0 Å². The minimum Gasteiger partial charge on any atom is -0.396 e. The fourth-order valence-electron chi connectivity index (χ4n) is 3.22. The van der Waals surface area contributed by atoms with Gasteiger partial charge in [-0.2, -0.15) is 0 Å². The molecule has 2 fully saturated rings. The van der Waals surface area contributed by atoms with Gasteiger partial charge in [0.1, 0.15) is 0 Å². The molecular weight excluding hydrogens is 202 g/mol. The van der Waals surface area contributed by atoms with Crippen molar-refractivity contribution in [3.63, 3.8) is 0 Å². The van der Waals surface area contributed by atoms with Crippen LogP contribution < -0.4 is 5.32 Å². The highest BCUT2D eigenvalue weighted by atomic mass is 16.3. The normalized spacial score (nSPS) is 34.1. The molecule has 0 heterocycles. The summed E-state index contributed by atoms with van der Waals surface area (Å²) in [4.78, 5) is 0. The van der Waals surface area contributed by atoms with Gasteiger partial charge in [0.15, 0.2) is 0 Å². The number of rotatable bonds is 4. The summed E-state index contributed by atoms with van der Waals surface area (Å²) in [6.45, 7) is 1.17. The molecule has 2 aliphatic rings. The van der Waals surface area contributed by atoms with Crippen LogP contribution in [0.3, 0.4) is 0 Å². The quantitative estimate of drug-likeness (QED) is 0.681. The van der Waals surface area contributed by atoms with Crippen LogP contribution in [0.5, 0.6) is 0 Å². The Hall–Kier alpha value is -0.120. The van der Waals surface area contributed by atoms with Gasteiger partial charge < -0.3 is 15.5 Å². The molecule has 2 atom stereocenters. The zero-order valence-electron chi connectivity index (χ0n) is 10.1. The average Bonchev–Trinajstić information content (AvgIpc) is 2.74. The predicted molar refractivity (Wildman–Crippen MR) is 64.3 cm³/mol. The maximum atomic E-state index is 9.75. The molecule has 3 nitrogen and oxygen atoms in total. The van der Waals surface area contributed by atoms with Gasteiger partial charge >= 0.3 is 0 Å². The predicted octanol–water partition coefficient (Wildman–Crippen LogP) is 1.43. The van der Waals surface area contributed by atoms with Crippen molar-refractivity contribution in [2.75, 3.05) is 13.2 Å². The molecule has 0 radical (unpaired) electrons. The molecule has 0 spiro atoms. The summed E-state index contributed by atoms with van der Waals surface area (Å²) in [5.74, 6) is 0. The summed E-state index contributed by atoms with van der Waals surface area (Å²) in [6, 6.07) is 0.269. The third kappa shape index (κ3) is 2.76. The highest BCUT2D eigenvalue weighted by Gasteiger charge is 2.33. The molecule has 3 heteroatoms. The lowest BCUT2D eigenvalue weighted by Crippen LogP contribution is -2.45. The monoisotopic (exact) mass is 227 g/mol. The molecule has 0 bridgehead atoms. The van der Waals surface area contributed by atoms with E-state index in [0.29, 0.717) is 6.61 Å². The van der Waals surface area contributed by atoms with Gasteiger partial charge in [-0.05, 0) is 32.1 Å². The Morgan fingerprint density at radius 2 is 1.81 bits per heavy atom. The Balaban J connectivity index is 1.82. The number of hydrogen-bond acceptors (Lipinski definition) is 3. The first kappa shape index (κ1) is 12.3. The Bertz CT molecular complexity index is 214. The van der Waals surface area contributed by atoms with E-state index in [-0.39, 0.29) is 17.6 Å². The summed E-state index contributed by atoms with van der Waals surface area (Å²) >= 11 is 0. The minimum absolute atomic E-state index is 0.0978. The van der Waals surface area contributed by atoms with Crippen molar-refractivity contribution in [1.82, 2.24) is 5.32 Å². The molecule has 2 rings (SSSR count). The van der Waals surface area contributed by atoms with Gasteiger partial charge in [-0.1, -0.05) is 19.3 Å². The molecule has 94 valence electrons. The maximum Gasteiger partial charge on any atom is 0.0693 e. The van der Waals surface area contributed by atoms with Gasteiger partial charge in [0.25, 0.3) is 0 Å². The molecule has 0 amide bonds. The molecule has 0 aromatic carbocycles. The van der Waals surface area contributed by atoms with Crippen molar-refractivity contribution in [2.45, 2.75) is 63.5 Å². The minimum atomic E-state index is -0.167. The van der Waals surface area contributed by atoms with E-state index in [1.165, 1.54) is 19.3 Å². The first-order chi connectivity index (χ1) is 7.76. The lowest BCUT2D eigenvalue weighted by atomic mass is 9.74.